The molecule has 5 nitrogen and oxygen atoms in total. The van der Waals surface area contributed by atoms with Crippen molar-refractivity contribution in [2.75, 3.05) is 29.9 Å². The Kier molecular flexibility index (Phi) is 5.64. The van der Waals surface area contributed by atoms with E-state index in [1.54, 1.807) is 17.0 Å². The molecular weight excluding hydrogens is 374 g/mol. The lowest BCUT2D eigenvalue weighted by molar-refractivity contribution is -0.122. The topological polar surface area (TPSA) is 52.7 Å². The van der Waals surface area contributed by atoms with Gasteiger partial charge in [0.2, 0.25) is 11.8 Å². The summed E-state index contributed by atoms with van der Waals surface area (Å²) >= 11 is 6.03. The maximum Gasteiger partial charge on any atom is 0.229 e. The van der Waals surface area contributed by atoms with Crippen molar-refractivity contribution >= 4 is 34.8 Å². The number of amides is 2. The molecule has 4 rings (SSSR count). The fourth-order valence-electron chi connectivity index (χ4n) is 3.97. The molecule has 0 aromatic heterocycles. The molecule has 2 fully saturated rings. The lowest BCUT2D eigenvalue weighted by atomic mass is 10.1. The molecule has 2 heterocycles. The minimum Gasteiger partial charge on any atom is -0.326 e. The summed E-state index contributed by atoms with van der Waals surface area (Å²) in [5.41, 5.74) is 2.72. The Morgan fingerprint density at radius 3 is 2.68 bits per heavy atom. The number of likely N-dealkylation sites (tertiary alicyclic amines) is 1. The van der Waals surface area contributed by atoms with Gasteiger partial charge in [-0.3, -0.25) is 14.5 Å². The average molecular weight is 398 g/mol. The largest absolute Gasteiger partial charge is 0.326 e. The van der Waals surface area contributed by atoms with E-state index < -0.39 is 0 Å². The van der Waals surface area contributed by atoms with E-state index in [1.165, 1.54) is 18.4 Å². The van der Waals surface area contributed by atoms with E-state index in [0.717, 1.165) is 31.0 Å². The standard InChI is InChI=1S/C22H24ClN3O2/c23-18-6-4-8-20(13-18)26-15-17(12-21(26)27)22(28)24-19-7-3-5-16(11-19)14-25-9-1-2-10-25/h3-8,11,13,17H,1-2,9-10,12,14-15H2,(H,24,28). The minimum absolute atomic E-state index is 0.0507. The van der Waals surface area contributed by atoms with E-state index >= 15 is 0 Å². The third-order valence-electron chi connectivity index (χ3n) is 5.42. The fourth-order valence-corrected chi connectivity index (χ4v) is 4.15. The molecule has 28 heavy (non-hydrogen) atoms. The van der Waals surface area contributed by atoms with Gasteiger partial charge in [-0.25, -0.2) is 0 Å². The number of halogens is 1. The van der Waals surface area contributed by atoms with Gasteiger partial charge in [0, 0.05) is 35.9 Å². The van der Waals surface area contributed by atoms with Crippen LogP contribution in [0.5, 0.6) is 0 Å². The third-order valence-corrected chi connectivity index (χ3v) is 5.65. The van der Waals surface area contributed by atoms with E-state index in [9.17, 15) is 9.59 Å². The van der Waals surface area contributed by atoms with Crippen LogP contribution in [0.1, 0.15) is 24.8 Å². The molecule has 6 heteroatoms. The summed E-state index contributed by atoms with van der Waals surface area (Å²) < 4.78 is 0. The van der Waals surface area contributed by atoms with Gasteiger partial charge in [-0.1, -0.05) is 29.8 Å². The summed E-state index contributed by atoms with van der Waals surface area (Å²) in [6, 6.07) is 15.2. The number of nitrogens with one attached hydrogen (secondary N) is 1. The Hall–Kier alpha value is -2.37. The second kappa shape index (κ2) is 8.33. The number of anilines is 2. The van der Waals surface area contributed by atoms with Gasteiger partial charge in [0.1, 0.15) is 0 Å². The second-order valence-corrected chi connectivity index (χ2v) is 7.99. The zero-order chi connectivity index (χ0) is 19.5. The highest BCUT2D eigenvalue weighted by atomic mass is 35.5. The van der Waals surface area contributed by atoms with Crippen LogP contribution in [0.4, 0.5) is 11.4 Å². The SMILES string of the molecule is O=C(Nc1cccc(CN2CCCC2)c1)C1CC(=O)N(c2cccc(Cl)c2)C1. The molecule has 2 aliphatic rings. The van der Waals surface area contributed by atoms with Gasteiger partial charge in [-0.2, -0.15) is 0 Å². The predicted molar refractivity (Wildman–Crippen MR) is 111 cm³/mol. The molecule has 146 valence electrons. The summed E-state index contributed by atoms with van der Waals surface area (Å²) in [4.78, 5) is 29.2. The average Bonchev–Trinajstić information content (AvgIpc) is 3.31. The molecule has 2 aliphatic heterocycles. The van der Waals surface area contributed by atoms with E-state index in [2.05, 4.69) is 16.3 Å². The first-order valence-corrected chi connectivity index (χ1v) is 10.1. The predicted octanol–water partition coefficient (Wildman–Crippen LogP) is 3.93. The Bertz CT molecular complexity index is 880. The molecular formula is C22H24ClN3O2. The van der Waals surface area contributed by atoms with E-state index in [1.807, 2.05) is 30.3 Å². The molecule has 0 radical (unpaired) electrons. The van der Waals surface area contributed by atoms with Crippen LogP contribution in [0.25, 0.3) is 0 Å². The van der Waals surface area contributed by atoms with E-state index in [0.29, 0.717) is 11.6 Å². The van der Waals surface area contributed by atoms with Gasteiger partial charge in [-0.15, -0.1) is 0 Å². The van der Waals surface area contributed by atoms with Gasteiger partial charge >= 0.3 is 0 Å². The van der Waals surface area contributed by atoms with Crippen LogP contribution >= 0.6 is 11.6 Å². The number of nitrogens with zero attached hydrogens (tertiary/aromatic N) is 2. The molecule has 1 unspecified atom stereocenters. The van der Waals surface area contributed by atoms with Crippen LogP contribution in [-0.4, -0.2) is 36.3 Å². The maximum atomic E-state index is 12.7. The van der Waals surface area contributed by atoms with Crippen LogP contribution in [0.3, 0.4) is 0 Å². The van der Waals surface area contributed by atoms with Gasteiger partial charge in [-0.05, 0) is 61.8 Å². The Morgan fingerprint density at radius 2 is 1.89 bits per heavy atom. The van der Waals surface area contributed by atoms with Crippen LogP contribution in [-0.2, 0) is 16.1 Å². The molecule has 2 aromatic carbocycles. The zero-order valence-corrected chi connectivity index (χ0v) is 16.5. The molecule has 2 aromatic rings. The Labute approximate surface area is 170 Å². The Balaban J connectivity index is 1.39. The Morgan fingerprint density at radius 1 is 1.11 bits per heavy atom. The molecule has 0 bridgehead atoms. The molecule has 0 saturated carbocycles. The first-order chi connectivity index (χ1) is 13.6. The molecule has 1 atom stereocenters. The third kappa shape index (κ3) is 4.37. The van der Waals surface area contributed by atoms with Crippen LogP contribution in [0.2, 0.25) is 5.02 Å². The number of carbonyl (C=O) groups is 2. The molecule has 0 spiro atoms. The second-order valence-electron chi connectivity index (χ2n) is 7.56. The smallest absolute Gasteiger partial charge is 0.229 e. The normalized spacial score (nSPS) is 20.0. The highest BCUT2D eigenvalue weighted by molar-refractivity contribution is 6.31. The van der Waals surface area contributed by atoms with Crippen molar-refractivity contribution < 1.29 is 9.59 Å². The maximum absolute atomic E-state index is 12.7. The van der Waals surface area contributed by atoms with Crippen molar-refractivity contribution in [3.63, 3.8) is 0 Å². The van der Waals surface area contributed by atoms with Crippen LogP contribution in [0.15, 0.2) is 48.5 Å². The summed E-state index contributed by atoms with van der Waals surface area (Å²) in [7, 11) is 0. The monoisotopic (exact) mass is 397 g/mol. The highest BCUT2D eigenvalue weighted by Gasteiger charge is 2.35. The van der Waals surface area contributed by atoms with Crippen molar-refractivity contribution in [2.24, 2.45) is 5.92 Å². The molecule has 0 aliphatic carbocycles. The van der Waals surface area contributed by atoms with Crippen molar-refractivity contribution in [3.8, 4) is 0 Å². The molecule has 1 N–H and O–H groups in total. The van der Waals surface area contributed by atoms with E-state index in [-0.39, 0.29) is 24.2 Å². The van der Waals surface area contributed by atoms with Gasteiger partial charge in [0.05, 0.1) is 5.92 Å². The van der Waals surface area contributed by atoms with Crippen molar-refractivity contribution in [1.29, 1.82) is 0 Å². The molecule has 2 amide bonds. The number of carbonyl (C=O) groups excluding carboxylic acids is 2. The van der Waals surface area contributed by atoms with Gasteiger partial charge in [0.25, 0.3) is 0 Å². The van der Waals surface area contributed by atoms with Crippen molar-refractivity contribution in [1.82, 2.24) is 4.90 Å². The fraction of sp³-hybridized carbons (Fsp3) is 0.364. The highest BCUT2D eigenvalue weighted by Crippen LogP contribution is 2.28. The molecule has 2 saturated heterocycles. The zero-order valence-electron chi connectivity index (χ0n) is 15.7. The number of hydrogen-bond donors (Lipinski definition) is 1. The number of rotatable bonds is 5. The van der Waals surface area contributed by atoms with Crippen LogP contribution in [0, 0.1) is 5.92 Å². The van der Waals surface area contributed by atoms with Crippen LogP contribution < -0.4 is 10.2 Å². The minimum atomic E-state index is -0.367. The summed E-state index contributed by atoms with van der Waals surface area (Å²) in [6.07, 6.45) is 2.73. The van der Waals surface area contributed by atoms with Crippen molar-refractivity contribution in [3.05, 3.63) is 59.1 Å². The van der Waals surface area contributed by atoms with E-state index in [4.69, 9.17) is 11.6 Å². The number of hydrogen-bond acceptors (Lipinski definition) is 3. The lowest BCUT2D eigenvalue weighted by Gasteiger charge is -2.17. The van der Waals surface area contributed by atoms with Gasteiger partial charge in [0.15, 0.2) is 0 Å². The quantitative estimate of drug-likeness (QED) is 0.831. The lowest BCUT2D eigenvalue weighted by Crippen LogP contribution is -2.28. The summed E-state index contributed by atoms with van der Waals surface area (Å²) in [5.74, 6) is -0.532. The summed E-state index contributed by atoms with van der Waals surface area (Å²) in [6.45, 7) is 3.56. The summed E-state index contributed by atoms with van der Waals surface area (Å²) in [5, 5.41) is 3.57. The number of benzene rings is 2. The van der Waals surface area contributed by atoms with Crippen molar-refractivity contribution in [2.45, 2.75) is 25.8 Å². The van der Waals surface area contributed by atoms with Gasteiger partial charge < -0.3 is 10.2 Å². The first-order valence-electron chi connectivity index (χ1n) is 9.76. The first kappa shape index (κ1) is 19.0.